The zero-order chi connectivity index (χ0) is 61.9. The van der Waals surface area contributed by atoms with Crippen LogP contribution in [0.4, 0.5) is 22.7 Å². The third-order valence-electron chi connectivity index (χ3n) is 11.1. The summed E-state index contributed by atoms with van der Waals surface area (Å²) in [7, 11) is 0. The summed E-state index contributed by atoms with van der Waals surface area (Å²) in [6.07, 6.45) is 3.02. The van der Waals surface area contributed by atoms with E-state index in [4.69, 9.17) is 9.47 Å². The van der Waals surface area contributed by atoms with E-state index in [9.17, 15) is 28.8 Å². The largest absolute Gasteiger partial charge is 0.460 e. The minimum atomic E-state index is -0.499. The van der Waals surface area contributed by atoms with Gasteiger partial charge in [-0.25, -0.2) is 0 Å². The molecule has 0 unspecified atom stereocenters. The molecule has 0 bridgehead atoms. The molecule has 0 saturated carbocycles. The molecule has 4 N–H and O–H groups in total. The van der Waals surface area contributed by atoms with E-state index in [1.165, 1.54) is 11.1 Å². The standard InChI is InChI=1S/2C18H27NO3.2C16H25NO/c2*1-17(2,3)11-15(20)19-14-9-7-13(8-10-14)12-22-16(21)18(4,5)6;2*1-15(2,3)11-12-7-9-13(10-8-12)17-14(18)16(4,5)6/h2*7-10H,11-12H2,1-6H3,(H,19,20);2*7-10H,11H2,1-6H3,(H,17,18). The highest BCUT2D eigenvalue weighted by atomic mass is 16.5. The Morgan fingerprint density at radius 1 is 0.300 bits per heavy atom. The van der Waals surface area contributed by atoms with Crippen molar-refractivity contribution in [1.29, 1.82) is 0 Å². The summed E-state index contributed by atoms with van der Waals surface area (Å²) in [5.74, 6) is -0.360. The number of rotatable bonds is 12. The summed E-state index contributed by atoms with van der Waals surface area (Å²) in [6, 6.07) is 30.9. The van der Waals surface area contributed by atoms with Gasteiger partial charge in [0.15, 0.2) is 0 Å². The van der Waals surface area contributed by atoms with Gasteiger partial charge in [-0.3, -0.25) is 28.8 Å². The van der Waals surface area contributed by atoms with Crippen LogP contribution in [0.25, 0.3) is 0 Å². The molecule has 0 aromatic heterocycles. The molecule has 0 aliphatic heterocycles. The first-order valence-corrected chi connectivity index (χ1v) is 28.0. The molecule has 4 aromatic carbocycles. The van der Waals surface area contributed by atoms with Gasteiger partial charge in [0.25, 0.3) is 0 Å². The van der Waals surface area contributed by atoms with Gasteiger partial charge in [0.05, 0.1) is 10.8 Å². The number of carbonyl (C=O) groups is 6. The van der Waals surface area contributed by atoms with E-state index in [2.05, 4.69) is 87.1 Å². The third-order valence-corrected chi connectivity index (χ3v) is 11.1. The summed E-state index contributed by atoms with van der Waals surface area (Å²) in [5.41, 5.74) is 6.42. The normalized spacial score (nSPS) is 12.1. The minimum Gasteiger partial charge on any atom is -0.460 e. The van der Waals surface area contributed by atoms with Crippen LogP contribution < -0.4 is 21.3 Å². The molecule has 0 aliphatic carbocycles. The van der Waals surface area contributed by atoms with Crippen molar-refractivity contribution in [2.75, 3.05) is 21.3 Å². The maximum Gasteiger partial charge on any atom is 0.311 e. The van der Waals surface area contributed by atoms with Crippen molar-refractivity contribution < 1.29 is 38.2 Å². The Morgan fingerprint density at radius 2 is 0.525 bits per heavy atom. The van der Waals surface area contributed by atoms with Crippen molar-refractivity contribution >= 4 is 58.3 Å². The average Bonchev–Trinajstić information content (AvgIpc) is 3.27. The lowest BCUT2D eigenvalue weighted by Gasteiger charge is -2.19. The van der Waals surface area contributed by atoms with Crippen LogP contribution in [-0.4, -0.2) is 35.6 Å². The topological polar surface area (TPSA) is 169 Å². The Bertz CT molecular complexity index is 2390. The number of nitrogens with one attached hydrogen (secondary N) is 4. The molecule has 0 saturated heterocycles. The quantitative estimate of drug-likeness (QED) is 0.102. The van der Waals surface area contributed by atoms with Crippen molar-refractivity contribution in [2.24, 2.45) is 43.3 Å². The highest BCUT2D eigenvalue weighted by Crippen LogP contribution is 2.26. The fourth-order valence-electron chi connectivity index (χ4n) is 6.75. The van der Waals surface area contributed by atoms with E-state index in [0.29, 0.717) is 12.8 Å². The molecule has 4 aromatic rings. The first-order chi connectivity index (χ1) is 36.1. The van der Waals surface area contributed by atoms with Crippen LogP contribution in [0.3, 0.4) is 0 Å². The highest BCUT2D eigenvalue weighted by molar-refractivity contribution is 5.95. The molecule has 80 heavy (non-hydrogen) atoms. The van der Waals surface area contributed by atoms with E-state index in [0.717, 1.165) is 46.7 Å². The monoisotopic (exact) mass is 1100 g/mol. The summed E-state index contributed by atoms with van der Waals surface area (Å²) >= 11 is 0. The zero-order valence-electron chi connectivity index (χ0n) is 53.7. The molecule has 444 valence electrons. The van der Waals surface area contributed by atoms with Crippen LogP contribution in [0, 0.1) is 43.3 Å². The number of esters is 2. The summed E-state index contributed by atoms with van der Waals surface area (Å²) in [5, 5.41) is 11.6. The predicted octanol–water partition coefficient (Wildman–Crippen LogP) is 16.8. The van der Waals surface area contributed by atoms with Gasteiger partial charge in [0, 0.05) is 46.4 Å². The van der Waals surface area contributed by atoms with Crippen LogP contribution >= 0.6 is 0 Å². The van der Waals surface area contributed by atoms with Crippen molar-refractivity contribution in [3.8, 4) is 0 Å². The SMILES string of the molecule is CC(C)(C)CC(=O)Nc1ccc(COC(=O)C(C)(C)C)cc1.CC(C)(C)CC(=O)Nc1ccc(COC(=O)C(C)(C)C)cc1.CC(C)(C)Cc1ccc(NC(=O)C(C)(C)C)cc1.CC(C)(C)Cc1ccc(NC(=O)C(C)(C)C)cc1. The van der Waals surface area contributed by atoms with Crippen molar-refractivity contribution in [1.82, 2.24) is 0 Å². The van der Waals surface area contributed by atoms with Crippen LogP contribution in [0.2, 0.25) is 0 Å². The second-order valence-electron chi connectivity index (χ2n) is 29.9. The number of carbonyl (C=O) groups excluding carboxylic acids is 6. The summed E-state index contributed by atoms with van der Waals surface area (Å²) < 4.78 is 10.5. The van der Waals surface area contributed by atoms with E-state index in [1.807, 2.05) is 197 Å². The number of amides is 4. The second kappa shape index (κ2) is 30.0. The molecule has 0 spiro atoms. The molecule has 0 heterocycles. The highest BCUT2D eigenvalue weighted by Gasteiger charge is 2.26. The van der Waals surface area contributed by atoms with Gasteiger partial charge in [0.1, 0.15) is 13.2 Å². The molecule has 12 nitrogen and oxygen atoms in total. The van der Waals surface area contributed by atoms with Crippen LogP contribution in [0.15, 0.2) is 97.1 Å². The lowest BCUT2D eigenvalue weighted by molar-refractivity contribution is -0.155. The Labute approximate surface area is 483 Å². The zero-order valence-corrected chi connectivity index (χ0v) is 53.7. The number of hydrogen-bond donors (Lipinski definition) is 4. The molecule has 0 atom stereocenters. The molecule has 4 amide bonds. The smallest absolute Gasteiger partial charge is 0.311 e. The van der Waals surface area contributed by atoms with Gasteiger partial charge in [0.2, 0.25) is 23.6 Å². The van der Waals surface area contributed by atoms with E-state index < -0.39 is 10.8 Å². The lowest BCUT2D eigenvalue weighted by Crippen LogP contribution is -2.27. The second-order valence-corrected chi connectivity index (χ2v) is 29.9. The fraction of sp³-hybridized carbons (Fsp3) is 0.559. The Morgan fingerprint density at radius 3 is 0.725 bits per heavy atom. The fourth-order valence-corrected chi connectivity index (χ4v) is 6.75. The Balaban J connectivity index is 0.000000536. The first-order valence-electron chi connectivity index (χ1n) is 28.0. The van der Waals surface area contributed by atoms with Gasteiger partial charge in [-0.15, -0.1) is 0 Å². The van der Waals surface area contributed by atoms with Gasteiger partial charge >= 0.3 is 11.9 Å². The molecule has 12 heteroatoms. The van der Waals surface area contributed by atoms with Gasteiger partial charge in [-0.05, 0) is 147 Å². The maximum absolute atomic E-state index is 11.9. The maximum atomic E-state index is 11.9. The third kappa shape index (κ3) is 33.3. The van der Waals surface area contributed by atoms with Crippen LogP contribution in [-0.2, 0) is 64.3 Å². The molecule has 0 radical (unpaired) electrons. The van der Waals surface area contributed by atoms with Crippen molar-refractivity contribution in [3.05, 3.63) is 119 Å². The van der Waals surface area contributed by atoms with Crippen molar-refractivity contribution in [2.45, 2.75) is 205 Å². The minimum absolute atomic E-state index is 0.000546. The summed E-state index contributed by atoms with van der Waals surface area (Å²) in [6.45, 7) is 48.4. The number of ether oxygens (including phenoxy) is 2. The number of hydrogen-bond acceptors (Lipinski definition) is 8. The molecule has 4 rings (SSSR count). The average molecular weight is 1110 g/mol. The summed E-state index contributed by atoms with van der Waals surface area (Å²) in [4.78, 5) is 70.8. The first kappa shape index (κ1) is 71.7. The van der Waals surface area contributed by atoms with Gasteiger partial charge in [-0.2, -0.15) is 0 Å². The molecular weight excluding hydrogens is 1000 g/mol. The number of benzene rings is 4. The van der Waals surface area contributed by atoms with E-state index in [-0.39, 0.29) is 81.3 Å². The lowest BCUT2D eigenvalue weighted by atomic mass is 9.88. The Kier molecular flexibility index (Phi) is 26.9. The van der Waals surface area contributed by atoms with E-state index >= 15 is 0 Å². The number of anilines is 4. The molecule has 0 aliphatic rings. The Hall–Kier alpha value is -6.30. The van der Waals surface area contributed by atoms with Gasteiger partial charge < -0.3 is 30.7 Å². The molecule has 0 fully saturated rings. The molecular formula is C68H104N4O8. The van der Waals surface area contributed by atoms with Gasteiger partial charge in [-0.1, -0.05) is 173 Å². The predicted molar refractivity (Wildman–Crippen MR) is 332 cm³/mol. The van der Waals surface area contributed by atoms with Crippen molar-refractivity contribution in [3.63, 3.8) is 0 Å². The van der Waals surface area contributed by atoms with E-state index in [1.54, 1.807) is 0 Å². The van der Waals surface area contributed by atoms with Crippen LogP contribution in [0.1, 0.15) is 201 Å². The van der Waals surface area contributed by atoms with Crippen LogP contribution in [0.5, 0.6) is 0 Å².